The van der Waals surface area contributed by atoms with Gasteiger partial charge in [0.1, 0.15) is 6.67 Å². The number of methoxy groups -OCH3 is 1. The van der Waals surface area contributed by atoms with Crippen molar-refractivity contribution in [2.24, 2.45) is 0 Å². The molecule has 0 bridgehead atoms. The molecule has 2 nitrogen and oxygen atoms in total. The van der Waals surface area contributed by atoms with E-state index >= 15 is 0 Å². The molecule has 0 aliphatic rings. The van der Waals surface area contributed by atoms with Crippen LogP contribution in [0.25, 0.3) is 0 Å². The molecule has 0 spiro atoms. The Kier molecular flexibility index (Phi) is 2.41. The van der Waals surface area contributed by atoms with Crippen molar-refractivity contribution in [2.45, 2.75) is 13.6 Å². The molecule has 1 rings (SSSR count). The third-order valence-corrected chi connectivity index (χ3v) is 1.35. The third kappa shape index (κ3) is 1.90. The fourth-order valence-electron chi connectivity index (χ4n) is 0.889. The number of aryl methyl sites for hydroxylation is 1. The number of ether oxygens (including phenoxy) is 1. The molecule has 0 fully saturated rings. The zero-order valence-electron chi connectivity index (χ0n) is 6.60. The minimum atomic E-state index is -0.473. The molecule has 0 radical (unpaired) electrons. The smallest absolute Gasteiger partial charge is 0.213 e. The zero-order chi connectivity index (χ0) is 8.27. The summed E-state index contributed by atoms with van der Waals surface area (Å²) in [5, 5.41) is 0. The fourth-order valence-corrected chi connectivity index (χ4v) is 0.889. The van der Waals surface area contributed by atoms with Crippen LogP contribution >= 0.6 is 0 Å². The van der Waals surface area contributed by atoms with Gasteiger partial charge >= 0.3 is 0 Å². The molecule has 0 aliphatic heterocycles. The van der Waals surface area contributed by atoms with Crippen LogP contribution in [0.5, 0.6) is 5.88 Å². The molecule has 0 saturated carbocycles. The second-order valence-electron chi connectivity index (χ2n) is 2.29. The number of nitrogens with zero attached hydrogens (tertiary/aromatic N) is 1. The molecule has 0 amide bonds. The molecule has 1 heterocycles. The van der Waals surface area contributed by atoms with E-state index < -0.39 is 6.67 Å². The molecular formula is C8H10FNO. The van der Waals surface area contributed by atoms with Gasteiger partial charge in [-0.25, -0.2) is 9.37 Å². The predicted molar refractivity (Wildman–Crippen MR) is 40.3 cm³/mol. The Balaban J connectivity index is 3.02. The lowest BCUT2D eigenvalue weighted by molar-refractivity contribution is 0.394. The average molecular weight is 155 g/mol. The average Bonchev–Trinajstić information content (AvgIpc) is 2.03. The van der Waals surface area contributed by atoms with Crippen molar-refractivity contribution in [3.8, 4) is 5.88 Å². The van der Waals surface area contributed by atoms with Crippen LogP contribution in [0.2, 0.25) is 0 Å². The number of aromatic nitrogens is 1. The predicted octanol–water partition coefficient (Wildman–Crippen LogP) is 1.87. The highest BCUT2D eigenvalue weighted by Crippen LogP contribution is 2.12. The Labute approximate surface area is 65.0 Å². The summed E-state index contributed by atoms with van der Waals surface area (Å²) >= 11 is 0. The molecule has 1 aromatic rings. The highest BCUT2D eigenvalue weighted by molar-refractivity contribution is 5.23. The van der Waals surface area contributed by atoms with E-state index in [9.17, 15) is 4.39 Å². The monoisotopic (exact) mass is 155 g/mol. The Morgan fingerprint density at radius 2 is 2.27 bits per heavy atom. The van der Waals surface area contributed by atoms with E-state index in [1.54, 1.807) is 12.1 Å². The summed E-state index contributed by atoms with van der Waals surface area (Å²) in [7, 11) is 1.52. The van der Waals surface area contributed by atoms with Gasteiger partial charge in [0.05, 0.1) is 7.11 Å². The zero-order valence-corrected chi connectivity index (χ0v) is 6.60. The van der Waals surface area contributed by atoms with Crippen LogP contribution in [0.15, 0.2) is 12.1 Å². The van der Waals surface area contributed by atoms with Crippen LogP contribution < -0.4 is 4.74 Å². The number of rotatable bonds is 2. The van der Waals surface area contributed by atoms with Crippen LogP contribution in [0, 0.1) is 6.92 Å². The summed E-state index contributed by atoms with van der Waals surface area (Å²) < 4.78 is 17.0. The number of hydrogen-bond donors (Lipinski definition) is 0. The maximum atomic E-state index is 12.1. The second kappa shape index (κ2) is 3.32. The van der Waals surface area contributed by atoms with E-state index in [1.807, 2.05) is 6.92 Å². The van der Waals surface area contributed by atoms with E-state index in [1.165, 1.54) is 7.11 Å². The molecule has 1 aromatic heterocycles. The van der Waals surface area contributed by atoms with Crippen molar-refractivity contribution in [3.05, 3.63) is 23.4 Å². The largest absolute Gasteiger partial charge is 0.481 e. The van der Waals surface area contributed by atoms with Gasteiger partial charge in [0.2, 0.25) is 5.88 Å². The molecule has 0 unspecified atom stereocenters. The van der Waals surface area contributed by atoms with Gasteiger partial charge in [0.15, 0.2) is 0 Å². The minimum absolute atomic E-state index is 0.470. The Morgan fingerprint density at radius 3 is 2.82 bits per heavy atom. The first-order valence-electron chi connectivity index (χ1n) is 3.34. The minimum Gasteiger partial charge on any atom is -0.481 e. The highest BCUT2D eigenvalue weighted by Gasteiger charge is 1.98. The summed E-state index contributed by atoms with van der Waals surface area (Å²) in [6.07, 6.45) is 0. The highest BCUT2D eigenvalue weighted by atomic mass is 19.1. The lowest BCUT2D eigenvalue weighted by Gasteiger charge is -2.01. The first-order chi connectivity index (χ1) is 5.26. The van der Waals surface area contributed by atoms with E-state index in [2.05, 4.69) is 4.98 Å². The normalized spacial score (nSPS) is 9.73. The van der Waals surface area contributed by atoms with Crippen LogP contribution in [-0.4, -0.2) is 12.1 Å². The molecule has 3 heteroatoms. The van der Waals surface area contributed by atoms with E-state index in [0.29, 0.717) is 11.4 Å². The molecule has 11 heavy (non-hydrogen) atoms. The molecule has 0 aromatic carbocycles. The van der Waals surface area contributed by atoms with E-state index in [0.717, 1.165) is 5.69 Å². The molecular weight excluding hydrogens is 145 g/mol. The van der Waals surface area contributed by atoms with Gasteiger partial charge in [0.25, 0.3) is 0 Å². The van der Waals surface area contributed by atoms with E-state index in [-0.39, 0.29) is 0 Å². The van der Waals surface area contributed by atoms with Crippen molar-refractivity contribution >= 4 is 0 Å². The topological polar surface area (TPSA) is 22.1 Å². The first kappa shape index (κ1) is 7.98. The number of alkyl halides is 1. The molecule has 0 atom stereocenters. The summed E-state index contributed by atoms with van der Waals surface area (Å²) in [4.78, 5) is 4.01. The molecule has 0 saturated heterocycles. The number of halogens is 1. The van der Waals surface area contributed by atoms with Gasteiger partial charge in [0, 0.05) is 11.8 Å². The van der Waals surface area contributed by atoms with Crippen molar-refractivity contribution < 1.29 is 9.13 Å². The van der Waals surface area contributed by atoms with Gasteiger partial charge < -0.3 is 4.74 Å². The summed E-state index contributed by atoms with van der Waals surface area (Å²) in [6.45, 7) is 1.33. The van der Waals surface area contributed by atoms with Crippen molar-refractivity contribution in [1.29, 1.82) is 0 Å². The van der Waals surface area contributed by atoms with Gasteiger partial charge in [-0.3, -0.25) is 0 Å². The molecule has 0 aliphatic carbocycles. The number of pyridine rings is 1. The van der Waals surface area contributed by atoms with Gasteiger partial charge in [-0.05, 0) is 18.6 Å². The first-order valence-corrected chi connectivity index (χ1v) is 3.34. The lowest BCUT2D eigenvalue weighted by Crippen LogP contribution is -1.91. The SMILES string of the molecule is COc1cc(CF)cc(C)n1. The summed E-state index contributed by atoms with van der Waals surface area (Å²) in [5.41, 5.74) is 1.38. The molecule has 60 valence electrons. The van der Waals surface area contributed by atoms with Crippen LogP contribution in [0.1, 0.15) is 11.3 Å². The Bertz CT molecular complexity index is 228. The van der Waals surface area contributed by atoms with Crippen LogP contribution in [0.4, 0.5) is 4.39 Å². The quantitative estimate of drug-likeness (QED) is 0.650. The maximum Gasteiger partial charge on any atom is 0.213 e. The van der Waals surface area contributed by atoms with Crippen molar-refractivity contribution in [1.82, 2.24) is 4.98 Å². The summed E-state index contributed by atoms with van der Waals surface area (Å²) in [5.74, 6) is 0.470. The van der Waals surface area contributed by atoms with Crippen molar-refractivity contribution in [2.75, 3.05) is 7.11 Å². The van der Waals surface area contributed by atoms with Crippen LogP contribution in [0.3, 0.4) is 0 Å². The Morgan fingerprint density at radius 1 is 1.55 bits per heavy atom. The lowest BCUT2D eigenvalue weighted by atomic mass is 10.2. The van der Waals surface area contributed by atoms with Crippen molar-refractivity contribution in [3.63, 3.8) is 0 Å². The maximum absolute atomic E-state index is 12.1. The summed E-state index contributed by atoms with van der Waals surface area (Å²) in [6, 6.07) is 3.29. The van der Waals surface area contributed by atoms with Gasteiger partial charge in [-0.15, -0.1) is 0 Å². The van der Waals surface area contributed by atoms with Gasteiger partial charge in [-0.2, -0.15) is 0 Å². The molecule has 0 N–H and O–H groups in total. The fraction of sp³-hybridized carbons (Fsp3) is 0.375. The van der Waals surface area contributed by atoms with E-state index in [4.69, 9.17) is 4.74 Å². The van der Waals surface area contributed by atoms with Crippen LogP contribution in [-0.2, 0) is 6.67 Å². The standard InChI is InChI=1S/C8H10FNO/c1-6-3-7(5-9)4-8(10-6)11-2/h3-4H,5H2,1-2H3. The second-order valence-corrected chi connectivity index (χ2v) is 2.29. The Hall–Kier alpha value is -1.12. The third-order valence-electron chi connectivity index (χ3n) is 1.35. The number of hydrogen-bond acceptors (Lipinski definition) is 2. The van der Waals surface area contributed by atoms with Gasteiger partial charge in [-0.1, -0.05) is 0 Å².